The molecule has 1 rings (SSSR count). The van der Waals surface area contributed by atoms with E-state index >= 15 is 0 Å². The molecule has 0 unspecified atom stereocenters. The lowest BCUT2D eigenvalue weighted by Crippen LogP contribution is -2.27. The van der Waals surface area contributed by atoms with Crippen LogP contribution < -0.4 is 4.74 Å². The lowest BCUT2D eigenvalue weighted by Gasteiger charge is -2.17. The highest BCUT2D eigenvalue weighted by Gasteiger charge is 2.13. The molecule has 100 valence electrons. The normalized spacial score (nSPS) is 10.5. The van der Waals surface area contributed by atoms with Crippen LogP contribution in [0.15, 0.2) is 24.3 Å². The number of benzene rings is 1. The van der Waals surface area contributed by atoms with Crippen molar-refractivity contribution in [2.24, 2.45) is 0 Å². The first-order valence-electron chi connectivity index (χ1n) is 5.41. The second kappa shape index (κ2) is 7.31. The monoisotopic (exact) mass is 321 g/mol. The molecule has 0 aliphatic carbocycles. The van der Waals surface area contributed by atoms with Crippen molar-refractivity contribution in [1.29, 1.82) is 0 Å². The zero-order valence-corrected chi connectivity index (χ0v) is 11.5. The Labute approximate surface area is 113 Å². The molecule has 0 radical (unpaired) electrons. The van der Waals surface area contributed by atoms with Crippen LogP contribution in [0.3, 0.4) is 0 Å². The number of halogens is 3. The van der Waals surface area contributed by atoms with E-state index < -0.39 is 6.61 Å². The molecule has 1 amide bonds. The van der Waals surface area contributed by atoms with Gasteiger partial charge in [0.1, 0.15) is 5.75 Å². The molecule has 18 heavy (non-hydrogen) atoms. The Hall–Kier alpha value is -1.17. The maximum atomic E-state index is 12.1. The van der Waals surface area contributed by atoms with Crippen LogP contribution >= 0.6 is 15.9 Å². The van der Waals surface area contributed by atoms with E-state index in [0.29, 0.717) is 12.1 Å². The van der Waals surface area contributed by atoms with E-state index in [4.69, 9.17) is 0 Å². The van der Waals surface area contributed by atoms with Crippen molar-refractivity contribution in [3.63, 3.8) is 0 Å². The maximum absolute atomic E-state index is 12.1. The van der Waals surface area contributed by atoms with Crippen molar-refractivity contribution in [1.82, 2.24) is 4.90 Å². The van der Waals surface area contributed by atoms with Gasteiger partial charge in [0, 0.05) is 24.5 Å². The average Bonchev–Trinajstić information content (AvgIpc) is 2.34. The molecule has 6 heteroatoms. The summed E-state index contributed by atoms with van der Waals surface area (Å²) in [4.78, 5) is 13.5. The molecule has 0 aliphatic rings. The lowest BCUT2D eigenvalue weighted by molar-refractivity contribution is -0.0499. The van der Waals surface area contributed by atoms with Crippen LogP contribution in [0, 0.1) is 0 Å². The zero-order chi connectivity index (χ0) is 13.5. The van der Waals surface area contributed by atoms with Crippen LogP contribution in [-0.2, 0) is 0 Å². The molecule has 0 saturated heterocycles. The highest BCUT2D eigenvalue weighted by molar-refractivity contribution is 9.09. The Bertz CT molecular complexity index is 401. The van der Waals surface area contributed by atoms with Crippen molar-refractivity contribution in [2.75, 3.05) is 18.9 Å². The molecule has 0 aliphatic heterocycles. The molecule has 0 bridgehead atoms. The van der Waals surface area contributed by atoms with Crippen LogP contribution in [-0.4, -0.2) is 36.3 Å². The summed E-state index contributed by atoms with van der Waals surface area (Å²) in [6.45, 7) is -2.29. The fourth-order valence-electron chi connectivity index (χ4n) is 1.42. The molecular weight excluding hydrogens is 308 g/mol. The number of alkyl halides is 3. The van der Waals surface area contributed by atoms with Crippen molar-refractivity contribution in [3.05, 3.63) is 29.8 Å². The fraction of sp³-hybridized carbons (Fsp3) is 0.417. The van der Waals surface area contributed by atoms with Crippen molar-refractivity contribution in [3.8, 4) is 5.75 Å². The van der Waals surface area contributed by atoms with Gasteiger partial charge in [0.05, 0.1) is 0 Å². The summed E-state index contributed by atoms with van der Waals surface area (Å²) < 4.78 is 28.4. The third-order valence-electron chi connectivity index (χ3n) is 2.28. The first kappa shape index (κ1) is 14.9. The van der Waals surface area contributed by atoms with E-state index in [2.05, 4.69) is 20.7 Å². The Morgan fingerprint density at radius 3 is 2.83 bits per heavy atom. The smallest absolute Gasteiger partial charge is 0.387 e. The first-order valence-corrected chi connectivity index (χ1v) is 6.53. The van der Waals surface area contributed by atoms with E-state index in [0.717, 1.165) is 11.8 Å². The van der Waals surface area contributed by atoms with Gasteiger partial charge in [0.2, 0.25) is 0 Å². The van der Waals surface area contributed by atoms with Crippen LogP contribution in [0.5, 0.6) is 5.75 Å². The molecule has 0 atom stereocenters. The van der Waals surface area contributed by atoms with E-state index in [1.165, 1.54) is 18.2 Å². The van der Waals surface area contributed by atoms with E-state index in [1.807, 2.05) is 0 Å². The average molecular weight is 322 g/mol. The van der Waals surface area contributed by atoms with Crippen molar-refractivity contribution in [2.45, 2.75) is 13.0 Å². The molecule has 1 aromatic rings. The van der Waals surface area contributed by atoms with Gasteiger partial charge in [-0.05, 0) is 24.6 Å². The Balaban J connectivity index is 2.73. The van der Waals surface area contributed by atoms with Gasteiger partial charge >= 0.3 is 6.61 Å². The van der Waals surface area contributed by atoms with Crippen molar-refractivity contribution < 1.29 is 18.3 Å². The number of hydrogen-bond donors (Lipinski definition) is 0. The van der Waals surface area contributed by atoms with Gasteiger partial charge in [-0.2, -0.15) is 8.78 Å². The highest BCUT2D eigenvalue weighted by atomic mass is 79.9. The molecule has 0 heterocycles. The topological polar surface area (TPSA) is 29.5 Å². The summed E-state index contributed by atoms with van der Waals surface area (Å²) in [5.74, 6) is -0.222. The second-order valence-electron chi connectivity index (χ2n) is 3.68. The van der Waals surface area contributed by atoms with Gasteiger partial charge in [0.15, 0.2) is 0 Å². The lowest BCUT2D eigenvalue weighted by atomic mass is 10.2. The molecule has 0 fully saturated rings. The predicted octanol–water partition coefficient (Wildman–Crippen LogP) is 3.15. The van der Waals surface area contributed by atoms with E-state index in [-0.39, 0.29) is 11.7 Å². The van der Waals surface area contributed by atoms with E-state index in [1.54, 1.807) is 18.0 Å². The summed E-state index contributed by atoms with van der Waals surface area (Å²) >= 11 is 3.28. The Kier molecular flexibility index (Phi) is 6.04. The molecule has 1 aromatic carbocycles. The molecule has 0 N–H and O–H groups in total. The highest BCUT2D eigenvalue weighted by Crippen LogP contribution is 2.17. The van der Waals surface area contributed by atoms with Crippen LogP contribution in [0.1, 0.15) is 16.8 Å². The first-order chi connectivity index (χ1) is 8.54. The van der Waals surface area contributed by atoms with Crippen LogP contribution in [0.25, 0.3) is 0 Å². The third-order valence-corrected chi connectivity index (χ3v) is 2.84. The summed E-state index contributed by atoms with van der Waals surface area (Å²) in [5, 5.41) is 0.805. The van der Waals surface area contributed by atoms with Gasteiger partial charge in [0.25, 0.3) is 5.91 Å². The number of carbonyl (C=O) groups is 1. The number of amides is 1. The van der Waals surface area contributed by atoms with E-state index in [9.17, 15) is 13.6 Å². The summed E-state index contributed by atoms with van der Waals surface area (Å²) in [7, 11) is 1.67. The number of hydrogen-bond acceptors (Lipinski definition) is 2. The minimum Gasteiger partial charge on any atom is -0.435 e. The Morgan fingerprint density at radius 2 is 2.22 bits per heavy atom. The third kappa shape index (κ3) is 4.60. The minimum atomic E-state index is -2.89. The van der Waals surface area contributed by atoms with Crippen molar-refractivity contribution >= 4 is 21.8 Å². The fourth-order valence-corrected chi connectivity index (χ4v) is 1.67. The minimum absolute atomic E-state index is 0.00950. The number of carbonyl (C=O) groups excluding carboxylic acids is 1. The molecular formula is C12H14BrF2NO2. The van der Waals surface area contributed by atoms with Crippen LogP contribution in [0.2, 0.25) is 0 Å². The van der Waals surface area contributed by atoms with Gasteiger partial charge in [-0.1, -0.05) is 22.0 Å². The second-order valence-corrected chi connectivity index (χ2v) is 4.47. The quantitative estimate of drug-likeness (QED) is 0.753. The number of nitrogens with zero attached hydrogens (tertiary/aromatic N) is 1. The largest absolute Gasteiger partial charge is 0.435 e. The molecule has 0 aromatic heterocycles. The summed E-state index contributed by atoms with van der Waals surface area (Å²) in [6.07, 6.45) is 0.829. The summed E-state index contributed by atoms with van der Waals surface area (Å²) in [6, 6.07) is 5.80. The number of ether oxygens (including phenoxy) is 1. The van der Waals surface area contributed by atoms with Gasteiger partial charge < -0.3 is 9.64 Å². The Morgan fingerprint density at radius 1 is 1.50 bits per heavy atom. The zero-order valence-electron chi connectivity index (χ0n) is 9.91. The molecule has 3 nitrogen and oxygen atoms in total. The molecule has 0 spiro atoms. The standard InChI is InChI=1S/C12H14BrF2NO2/c1-16(7-3-6-13)11(17)9-4-2-5-10(8-9)18-12(14)15/h2,4-5,8,12H,3,6-7H2,1H3. The van der Waals surface area contributed by atoms with Gasteiger partial charge in [-0.15, -0.1) is 0 Å². The molecule has 0 saturated carbocycles. The summed E-state index contributed by atoms with van der Waals surface area (Å²) in [5.41, 5.74) is 0.338. The number of rotatable bonds is 6. The maximum Gasteiger partial charge on any atom is 0.387 e. The SMILES string of the molecule is CN(CCCBr)C(=O)c1cccc(OC(F)F)c1. The van der Waals surface area contributed by atoms with Gasteiger partial charge in [-0.3, -0.25) is 4.79 Å². The predicted molar refractivity (Wildman–Crippen MR) is 68.4 cm³/mol. The van der Waals surface area contributed by atoms with Gasteiger partial charge in [-0.25, -0.2) is 0 Å². The van der Waals surface area contributed by atoms with Crippen LogP contribution in [0.4, 0.5) is 8.78 Å².